The highest BCUT2D eigenvalue weighted by atomic mass is 35.5. The SMILES string of the molecule is Cc1c[nH]c2ncnc(N3C=C(C(=O)NC[C@@H]4CC[C@@H]4N)SCC3)c12.Cl. The number of aromatic nitrogens is 3. The van der Waals surface area contributed by atoms with Crippen LogP contribution in [-0.2, 0) is 4.79 Å². The van der Waals surface area contributed by atoms with E-state index < -0.39 is 0 Å². The molecule has 0 saturated heterocycles. The third-order valence-electron chi connectivity index (χ3n) is 5.01. The van der Waals surface area contributed by atoms with Crippen LogP contribution >= 0.6 is 24.2 Å². The molecule has 7 nitrogen and oxygen atoms in total. The predicted molar refractivity (Wildman–Crippen MR) is 107 cm³/mol. The summed E-state index contributed by atoms with van der Waals surface area (Å²) in [4.78, 5) is 27.2. The molecule has 0 unspecified atom stereocenters. The number of aryl methyl sites for hydroxylation is 1. The van der Waals surface area contributed by atoms with Crippen LogP contribution in [0.3, 0.4) is 0 Å². The van der Waals surface area contributed by atoms with Crippen LogP contribution in [0.4, 0.5) is 5.82 Å². The van der Waals surface area contributed by atoms with E-state index in [1.54, 1.807) is 18.1 Å². The fraction of sp³-hybridized carbons (Fsp3) is 0.471. The van der Waals surface area contributed by atoms with Crippen molar-refractivity contribution in [2.24, 2.45) is 11.7 Å². The van der Waals surface area contributed by atoms with Crippen LogP contribution in [0.25, 0.3) is 11.0 Å². The molecule has 26 heavy (non-hydrogen) atoms. The van der Waals surface area contributed by atoms with Crippen molar-refractivity contribution >= 4 is 46.9 Å². The number of carbonyl (C=O) groups excluding carboxylic acids is 1. The smallest absolute Gasteiger partial charge is 0.259 e. The summed E-state index contributed by atoms with van der Waals surface area (Å²) in [6, 6.07) is 0.232. The number of rotatable bonds is 4. The first-order valence-electron chi connectivity index (χ1n) is 8.57. The van der Waals surface area contributed by atoms with Crippen LogP contribution in [0.15, 0.2) is 23.6 Å². The number of anilines is 1. The molecule has 1 aliphatic heterocycles. The highest BCUT2D eigenvalue weighted by molar-refractivity contribution is 8.04. The zero-order chi connectivity index (χ0) is 17.4. The number of aromatic amines is 1. The minimum atomic E-state index is -0.0232. The zero-order valence-electron chi connectivity index (χ0n) is 14.6. The lowest BCUT2D eigenvalue weighted by Crippen LogP contribution is -2.46. The lowest BCUT2D eigenvalue weighted by molar-refractivity contribution is -0.117. The van der Waals surface area contributed by atoms with Gasteiger partial charge in [-0.3, -0.25) is 4.79 Å². The monoisotopic (exact) mass is 394 g/mol. The second-order valence-corrected chi connectivity index (χ2v) is 7.78. The second-order valence-electron chi connectivity index (χ2n) is 6.64. The molecule has 1 fully saturated rings. The lowest BCUT2D eigenvalue weighted by atomic mass is 9.80. The maximum atomic E-state index is 12.5. The van der Waals surface area contributed by atoms with Gasteiger partial charge in [0.25, 0.3) is 5.91 Å². The number of halogens is 1. The molecular formula is C17H23ClN6OS. The summed E-state index contributed by atoms with van der Waals surface area (Å²) >= 11 is 1.58. The molecule has 0 spiro atoms. The molecule has 0 radical (unpaired) electrons. The van der Waals surface area contributed by atoms with Crippen molar-refractivity contribution in [3.63, 3.8) is 0 Å². The Kier molecular flexibility index (Phi) is 5.74. The van der Waals surface area contributed by atoms with Gasteiger partial charge < -0.3 is 20.9 Å². The number of nitrogens with one attached hydrogen (secondary N) is 2. The number of H-pyrrole nitrogens is 1. The maximum Gasteiger partial charge on any atom is 0.259 e. The standard InChI is InChI=1S/C17H22N6OS.ClH/c1-10-6-19-15-14(10)16(22-9-21-15)23-4-5-25-13(8-23)17(24)20-7-11-2-3-12(11)18;/h6,8-9,11-12H,2-5,7,18H2,1H3,(H,20,24)(H,19,21,22);1H/t11-,12-;/m0./s1. The number of carbonyl (C=O) groups is 1. The Balaban J connectivity index is 0.00000196. The molecule has 4 N–H and O–H groups in total. The number of nitrogens with two attached hydrogens (primary N) is 1. The third-order valence-corrected chi connectivity index (χ3v) is 6.00. The summed E-state index contributed by atoms with van der Waals surface area (Å²) in [6.07, 6.45) is 7.55. The Labute approximate surface area is 162 Å². The highest BCUT2D eigenvalue weighted by Gasteiger charge is 2.28. The van der Waals surface area contributed by atoms with E-state index in [2.05, 4.69) is 20.3 Å². The Hall–Kier alpha value is -1.77. The van der Waals surface area contributed by atoms with Gasteiger partial charge >= 0.3 is 0 Å². The van der Waals surface area contributed by atoms with Crippen molar-refractivity contribution in [1.29, 1.82) is 0 Å². The molecule has 4 rings (SSSR count). The molecule has 140 valence electrons. The van der Waals surface area contributed by atoms with Gasteiger partial charge in [-0.15, -0.1) is 24.2 Å². The molecule has 2 atom stereocenters. The number of hydrogen-bond acceptors (Lipinski definition) is 6. The van der Waals surface area contributed by atoms with Crippen LogP contribution in [0, 0.1) is 12.8 Å². The van der Waals surface area contributed by atoms with E-state index in [1.807, 2.05) is 24.2 Å². The molecule has 0 bridgehead atoms. The van der Waals surface area contributed by atoms with Crippen molar-refractivity contribution in [2.75, 3.05) is 23.7 Å². The summed E-state index contributed by atoms with van der Waals surface area (Å²) in [5.74, 6) is 2.08. The zero-order valence-corrected chi connectivity index (χ0v) is 16.2. The maximum absolute atomic E-state index is 12.5. The Morgan fingerprint density at radius 1 is 1.46 bits per heavy atom. The number of hydrogen-bond donors (Lipinski definition) is 3. The van der Waals surface area contributed by atoms with Gasteiger partial charge in [0.2, 0.25) is 0 Å². The van der Waals surface area contributed by atoms with E-state index in [9.17, 15) is 4.79 Å². The predicted octanol–water partition coefficient (Wildman–Crippen LogP) is 1.94. The average Bonchev–Trinajstić information content (AvgIpc) is 3.02. The van der Waals surface area contributed by atoms with Gasteiger partial charge in [0.15, 0.2) is 0 Å². The second kappa shape index (κ2) is 7.85. The summed E-state index contributed by atoms with van der Waals surface area (Å²) in [7, 11) is 0. The fourth-order valence-corrected chi connectivity index (χ4v) is 4.18. The summed E-state index contributed by atoms with van der Waals surface area (Å²) in [5, 5.41) is 4.03. The van der Waals surface area contributed by atoms with Crippen LogP contribution in [-0.4, -0.2) is 45.7 Å². The molecule has 2 aliphatic rings. The van der Waals surface area contributed by atoms with E-state index in [0.29, 0.717) is 12.5 Å². The Bertz CT molecular complexity index is 838. The minimum Gasteiger partial charge on any atom is -0.351 e. The molecule has 9 heteroatoms. The summed E-state index contributed by atoms with van der Waals surface area (Å²) < 4.78 is 0. The van der Waals surface area contributed by atoms with Gasteiger partial charge in [0.05, 0.1) is 10.3 Å². The highest BCUT2D eigenvalue weighted by Crippen LogP contribution is 2.31. The van der Waals surface area contributed by atoms with Crippen molar-refractivity contribution in [3.8, 4) is 0 Å². The normalized spacial score (nSPS) is 22.4. The largest absolute Gasteiger partial charge is 0.351 e. The molecule has 1 aliphatic carbocycles. The molecule has 1 saturated carbocycles. The number of amides is 1. The lowest BCUT2D eigenvalue weighted by Gasteiger charge is -2.33. The van der Waals surface area contributed by atoms with Gasteiger partial charge in [0, 0.05) is 37.3 Å². The molecule has 0 aromatic carbocycles. The minimum absolute atomic E-state index is 0. The van der Waals surface area contributed by atoms with Gasteiger partial charge in [0.1, 0.15) is 17.8 Å². The van der Waals surface area contributed by atoms with Gasteiger partial charge in [-0.25, -0.2) is 9.97 Å². The first-order valence-corrected chi connectivity index (χ1v) is 9.56. The Morgan fingerprint density at radius 3 is 3.04 bits per heavy atom. The van der Waals surface area contributed by atoms with Gasteiger partial charge in [-0.05, 0) is 31.2 Å². The molecule has 2 aromatic heterocycles. The van der Waals surface area contributed by atoms with E-state index in [4.69, 9.17) is 5.73 Å². The number of nitrogens with zero attached hydrogens (tertiary/aromatic N) is 3. The number of thioether (sulfide) groups is 1. The van der Waals surface area contributed by atoms with Crippen LogP contribution in [0.1, 0.15) is 18.4 Å². The van der Waals surface area contributed by atoms with Gasteiger partial charge in [-0.2, -0.15) is 0 Å². The first-order chi connectivity index (χ1) is 12.1. The quantitative estimate of drug-likeness (QED) is 0.732. The third kappa shape index (κ3) is 3.54. The molecule has 2 aromatic rings. The Morgan fingerprint density at radius 2 is 2.31 bits per heavy atom. The summed E-state index contributed by atoms with van der Waals surface area (Å²) in [6.45, 7) is 3.50. The number of fused-ring (bicyclic) bond motifs is 1. The van der Waals surface area contributed by atoms with Crippen LogP contribution in [0.2, 0.25) is 0 Å². The van der Waals surface area contributed by atoms with Crippen molar-refractivity contribution in [1.82, 2.24) is 20.3 Å². The van der Waals surface area contributed by atoms with Crippen molar-refractivity contribution in [3.05, 3.63) is 29.2 Å². The van der Waals surface area contributed by atoms with Crippen molar-refractivity contribution in [2.45, 2.75) is 25.8 Å². The topological polar surface area (TPSA) is 99.9 Å². The van der Waals surface area contributed by atoms with Crippen LogP contribution < -0.4 is 16.0 Å². The first kappa shape index (κ1) is 19.0. The fourth-order valence-electron chi connectivity index (χ4n) is 3.26. The van der Waals surface area contributed by atoms with Crippen LogP contribution in [0.5, 0.6) is 0 Å². The molecule has 1 amide bonds. The van der Waals surface area contributed by atoms with E-state index in [1.165, 1.54) is 0 Å². The average molecular weight is 395 g/mol. The molecular weight excluding hydrogens is 372 g/mol. The molecule has 3 heterocycles. The summed E-state index contributed by atoms with van der Waals surface area (Å²) in [5.41, 5.74) is 7.86. The van der Waals surface area contributed by atoms with E-state index in [0.717, 1.165) is 52.5 Å². The van der Waals surface area contributed by atoms with Gasteiger partial charge in [-0.1, -0.05) is 0 Å². The van der Waals surface area contributed by atoms with Crippen molar-refractivity contribution < 1.29 is 4.79 Å². The van der Waals surface area contributed by atoms with E-state index in [-0.39, 0.29) is 24.4 Å². The van der Waals surface area contributed by atoms with E-state index >= 15 is 0 Å².